The average molecular weight is 888 g/mol. The van der Waals surface area contributed by atoms with Crippen LogP contribution in [0.15, 0.2) is 212 Å². The van der Waals surface area contributed by atoms with E-state index in [1.807, 2.05) is 12.1 Å². The molecule has 3 aromatic heterocycles. The van der Waals surface area contributed by atoms with E-state index in [0.29, 0.717) is 17.6 Å². The van der Waals surface area contributed by atoms with E-state index in [0.717, 1.165) is 83.7 Å². The molecule has 0 amide bonds. The molecule has 0 radical (unpaired) electrons. The number of nitrogens with zero attached hydrogens (tertiary/aromatic N) is 5. The van der Waals surface area contributed by atoms with Gasteiger partial charge >= 0.3 is 0 Å². The van der Waals surface area contributed by atoms with Gasteiger partial charge in [-0.2, -0.15) is 9.97 Å². The molecule has 0 N–H and O–H groups in total. The third kappa shape index (κ3) is 6.71. The van der Waals surface area contributed by atoms with Gasteiger partial charge in [0.15, 0.2) is 11.6 Å². The molecule has 0 saturated carbocycles. The van der Waals surface area contributed by atoms with E-state index in [-0.39, 0.29) is 10.8 Å². The number of benzene rings is 9. The highest BCUT2D eigenvalue weighted by Gasteiger charge is 2.41. The minimum absolute atomic E-state index is 0.126. The van der Waals surface area contributed by atoms with Crippen molar-refractivity contribution in [3.05, 3.63) is 223 Å². The minimum Gasteiger partial charge on any atom is -0.307 e. The fraction of sp³-hybridized carbons (Fsp3) is 0.109. The van der Waals surface area contributed by atoms with Crippen LogP contribution in [0, 0.1) is 0 Å². The molecule has 330 valence electrons. The molecule has 1 aliphatic carbocycles. The molecule has 0 spiro atoms. The van der Waals surface area contributed by atoms with Gasteiger partial charge in [0.2, 0.25) is 5.95 Å². The number of rotatable bonds is 7. The Balaban J connectivity index is 1.04. The second-order valence-electron chi connectivity index (χ2n) is 20.0. The van der Waals surface area contributed by atoms with E-state index < -0.39 is 0 Å². The molecule has 13 rings (SSSR count). The lowest BCUT2D eigenvalue weighted by molar-refractivity contribution is 0.403. The SMILES string of the molecule is CC1(C)CC(C)(C)c2cc(-c3ccc(-n4c5ccccc5c5ccc6c7ccccc7n(-c7nc(-c8ccc(-c9ccccc9)cc8)nc(-c8cccc(-c9ccccc9)c8)n7)c6c54)cc3)ccc21. The van der Waals surface area contributed by atoms with Gasteiger partial charge in [-0.3, -0.25) is 4.57 Å². The van der Waals surface area contributed by atoms with Gasteiger partial charge < -0.3 is 4.57 Å². The summed E-state index contributed by atoms with van der Waals surface area (Å²) in [5.41, 5.74) is 17.4. The van der Waals surface area contributed by atoms with Crippen LogP contribution in [0.5, 0.6) is 0 Å². The summed E-state index contributed by atoms with van der Waals surface area (Å²) in [5.74, 6) is 1.76. The van der Waals surface area contributed by atoms with Crippen LogP contribution >= 0.6 is 0 Å². The standard InChI is InChI=1S/C64H49N5/c1-63(2)40-64(3,4)55-39-47(32-37-54(55)63)44-30-33-49(34-31-44)68-56-24-13-11-22-50(56)52-35-36-53-51-23-12-14-25-57(51)69(59(53)58(52)68)62-66-60(45-28-26-43(27-29-45)41-16-7-5-8-17-41)65-61(67-62)48-21-15-20-46(38-48)42-18-9-6-10-19-42/h5-39H,40H2,1-4H3. The Kier molecular flexibility index (Phi) is 9.22. The number of hydrogen-bond acceptors (Lipinski definition) is 3. The summed E-state index contributed by atoms with van der Waals surface area (Å²) in [6.45, 7) is 9.54. The summed E-state index contributed by atoms with van der Waals surface area (Å²) < 4.78 is 4.72. The molecule has 0 unspecified atom stereocenters. The first-order valence-electron chi connectivity index (χ1n) is 24.0. The zero-order valence-electron chi connectivity index (χ0n) is 39.2. The van der Waals surface area contributed by atoms with Gasteiger partial charge in [-0.1, -0.05) is 210 Å². The van der Waals surface area contributed by atoms with E-state index in [9.17, 15) is 0 Å². The maximum absolute atomic E-state index is 5.46. The average Bonchev–Trinajstić information content (AvgIpc) is 3.98. The lowest BCUT2D eigenvalue weighted by Gasteiger charge is -2.22. The first kappa shape index (κ1) is 40.8. The Morgan fingerprint density at radius 1 is 0.333 bits per heavy atom. The predicted molar refractivity (Wildman–Crippen MR) is 286 cm³/mol. The highest BCUT2D eigenvalue weighted by molar-refractivity contribution is 6.23. The van der Waals surface area contributed by atoms with Crippen molar-refractivity contribution in [3.63, 3.8) is 0 Å². The second kappa shape index (κ2) is 15.6. The normalized spacial score (nSPS) is 14.0. The fourth-order valence-corrected chi connectivity index (χ4v) is 11.6. The third-order valence-corrected chi connectivity index (χ3v) is 14.6. The second-order valence-corrected chi connectivity index (χ2v) is 20.0. The molecular formula is C64H49N5. The van der Waals surface area contributed by atoms with Crippen LogP contribution in [0.3, 0.4) is 0 Å². The van der Waals surface area contributed by atoms with Gasteiger partial charge in [-0.15, -0.1) is 0 Å². The highest BCUT2D eigenvalue weighted by Crippen LogP contribution is 2.50. The van der Waals surface area contributed by atoms with Crippen molar-refractivity contribution >= 4 is 43.6 Å². The molecule has 69 heavy (non-hydrogen) atoms. The lowest BCUT2D eigenvalue weighted by atomic mass is 9.82. The monoisotopic (exact) mass is 887 g/mol. The fourth-order valence-electron chi connectivity index (χ4n) is 11.6. The minimum atomic E-state index is 0.126. The van der Waals surface area contributed by atoms with Crippen molar-refractivity contribution in [2.45, 2.75) is 44.9 Å². The summed E-state index contributed by atoms with van der Waals surface area (Å²) in [4.78, 5) is 16.2. The number of aromatic nitrogens is 5. The number of para-hydroxylation sites is 2. The molecule has 5 heteroatoms. The topological polar surface area (TPSA) is 48.5 Å². The van der Waals surface area contributed by atoms with Gasteiger partial charge in [0.05, 0.1) is 22.1 Å². The van der Waals surface area contributed by atoms with Crippen LogP contribution in [0.2, 0.25) is 0 Å². The molecule has 9 aromatic carbocycles. The number of fused-ring (bicyclic) bond motifs is 8. The molecule has 0 aliphatic heterocycles. The first-order chi connectivity index (χ1) is 33.7. The summed E-state index contributed by atoms with van der Waals surface area (Å²) in [6.07, 6.45) is 1.15. The predicted octanol–water partition coefficient (Wildman–Crippen LogP) is 16.4. The molecule has 5 nitrogen and oxygen atoms in total. The molecule has 0 atom stereocenters. The van der Waals surface area contributed by atoms with Gasteiger partial charge in [-0.25, -0.2) is 4.98 Å². The van der Waals surface area contributed by atoms with E-state index in [2.05, 4.69) is 237 Å². The van der Waals surface area contributed by atoms with Crippen molar-refractivity contribution in [2.24, 2.45) is 0 Å². The van der Waals surface area contributed by atoms with Gasteiger partial charge in [0.1, 0.15) is 0 Å². The van der Waals surface area contributed by atoms with Crippen LogP contribution in [0.4, 0.5) is 0 Å². The molecule has 12 aromatic rings. The number of hydrogen-bond donors (Lipinski definition) is 0. The van der Waals surface area contributed by atoms with E-state index >= 15 is 0 Å². The Bertz CT molecular complexity index is 3950. The van der Waals surface area contributed by atoms with Crippen molar-refractivity contribution in [1.82, 2.24) is 24.1 Å². The van der Waals surface area contributed by atoms with Crippen LogP contribution in [0.1, 0.15) is 45.2 Å². The third-order valence-electron chi connectivity index (χ3n) is 14.6. The largest absolute Gasteiger partial charge is 0.307 e. The zero-order chi connectivity index (χ0) is 46.4. The Labute approximate surface area is 402 Å². The van der Waals surface area contributed by atoms with Crippen LogP contribution < -0.4 is 0 Å². The van der Waals surface area contributed by atoms with E-state index in [1.54, 1.807) is 0 Å². The molecule has 0 bridgehead atoms. The van der Waals surface area contributed by atoms with Crippen LogP contribution in [-0.2, 0) is 10.8 Å². The smallest absolute Gasteiger partial charge is 0.238 e. The summed E-state index contributed by atoms with van der Waals surface area (Å²) >= 11 is 0. The van der Waals surface area contributed by atoms with E-state index in [4.69, 9.17) is 15.0 Å². The first-order valence-corrected chi connectivity index (χ1v) is 24.0. The summed E-state index contributed by atoms with van der Waals surface area (Å²) in [6, 6.07) is 76.3. The molecule has 0 fully saturated rings. The molecule has 0 saturated heterocycles. The molecular weight excluding hydrogens is 839 g/mol. The highest BCUT2D eigenvalue weighted by atomic mass is 15.2. The van der Waals surface area contributed by atoms with E-state index in [1.165, 1.54) is 27.6 Å². The van der Waals surface area contributed by atoms with Gasteiger partial charge in [0.25, 0.3) is 0 Å². The van der Waals surface area contributed by atoms with Gasteiger partial charge in [0, 0.05) is 38.4 Å². The molecule has 1 aliphatic rings. The van der Waals surface area contributed by atoms with Crippen molar-refractivity contribution in [1.29, 1.82) is 0 Å². The summed E-state index contributed by atoms with van der Waals surface area (Å²) in [7, 11) is 0. The maximum atomic E-state index is 5.46. The quantitative estimate of drug-likeness (QED) is 0.160. The van der Waals surface area contributed by atoms with Crippen molar-refractivity contribution < 1.29 is 0 Å². The Hall–Kier alpha value is -8.41. The Morgan fingerprint density at radius 2 is 0.783 bits per heavy atom. The van der Waals surface area contributed by atoms with Crippen molar-refractivity contribution in [3.8, 4) is 67.8 Å². The lowest BCUT2D eigenvalue weighted by Crippen LogP contribution is -2.17. The van der Waals surface area contributed by atoms with Crippen LogP contribution in [-0.4, -0.2) is 24.1 Å². The zero-order valence-corrected chi connectivity index (χ0v) is 39.2. The van der Waals surface area contributed by atoms with Crippen molar-refractivity contribution in [2.75, 3.05) is 0 Å². The van der Waals surface area contributed by atoms with Gasteiger partial charge in [-0.05, 0) is 92.1 Å². The Morgan fingerprint density at radius 3 is 1.45 bits per heavy atom. The summed E-state index contributed by atoms with van der Waals surface area (Å²) in [5, 5.41) is 4.61. The van der Waals surface area contributed by atoms with Crippen LogP contribution in [0.25, 0.3) is 111 Å². The molecule has 3 heterocycles. The maximum Gasteiger partial charge on any atom is 0.238 e.